The molecule has 31 heavy (non-hydrogen) atoms. The molecular formula is C22H27FN4O4. The van der Waals surface area contributed by atoms with Crippen LogP contribution in [0.3, 0.4) is 0 Å². The van der Waals surface area contributed by atoms with E-state index in [-0.39, 0.29) is 17.7 Å². The summed E-state index contributed by atoms with van der Waals surface area (Å²) in [6, 6.07) is 10.7. The number of hydrogen-bond donors (Lipinski definition) is 2. The number of aliphatic imine (C=N–C) groups is 1. The van der Waals surface area contributed by atoms with Gasteiger partial charge in [-0.05, 0) is 36.4 Å². The number of anilines is 1. The van der Waals surface area contributed by atoms with E-state index in [0.29, 0.717) is 42.5 Å². The van der Waals surface area contributed by atoms with Crippen molar-refractivity contribution in [1.82, 2.24) is 10.2 Å². The van der Waals surface area contributed by atoms with Gasteiger partial charge in [-0.25, -0.2) is 4.39 Å². The fourth-order valence-electron chi connectivity index (χ4n) is 3.03. The van der Waals surface area contributed by atoms with Crippen molar-refractivity contribution in [2.24, 2.45) is 4.99 Å². The van der Waals surface area contributed by atoms with Crippen LogP contribution < -0.4 is 20.1 Å². The maximum Gasteiger partial charge on any atom is 0.258 e. The molecule has 2 N–H and O–H groups in total. The van der Waals surface area contributed by atoms with Gasteiger partial charge in [-0.15, -0.1) is 0 Å². The number of nitrogens with one attached hydrogen (secondary N) is 2. The Labute approximate surface area is 181 Å². The molecule has 0 spiro atoms. The summed E-state index contributed by atoms with van der Waals surface area (Å²) in [5, 5.41) is 5.84. The minimum Gasteiger partial charge on any atom is -0.497 e. The largest absolute Gasteiger partial charge is 0.497 e. The van der Waals surface area contributed by atoms with E-state index < -0.39 is 0 Å². The molecule has 1 fully saturated rings. The number of amides is 1. The number of guanidine groups is 1. The van der Waals surface area contributed by atoms with Crippen LogP contribution in [-0.2, 0) is 4.74 Å². The van der Waals surface area contributed by atoms with Crippen molar-refractivity contribution in [2.45, 2.75) is 0 Å². The van der Waals surface area contributed by atoms with Gasteiger partial charge in [0.05, 0.1) is 34.0 Å². The summed E-state index contributed by atoms with van der Waals surface area (Å²) in [5.74, 6) is 0.552. The number of methoxy groups -OCH3 is 2. The first kappa shape index (κ1) is 22.5. The van der Waals surface area contributed by atoms with Gasteiger partial charge >= 0.3 is 0 Å². The minimum atomic E-state index is -0.378. The predicted octanol–water partition coefficient (Wildman–Crippen LogP) is 2.37. The van der Waals surface area contributed by atoms with Crippen LogP contribution in [-0.4, -0.2) is 70.4 Å². The zero-order valence-corrected chi connectivity index (χ0v) is 17.7. The second-order valence-electron chi connectivity index (χ2n) is 6.87. The number of carbonyl (C=O) groups excluding carboxylic acids is 1. The van der Waals surface area contributed by atoms with Gasteiger partial charge in [0.2, 0.25) is 5.96 Å². The minimum absolute atomic E-state index is 0.270. The van der Waals surface area contributed by atoms with Crippen LogP contribution in [0.1, 0.15) is 10.4 Å². The average molecular weight is 430 g/mol. The van der Waals surface area contributed by atoms with E-state index in [1.807, 2.05) is 0 Å². The summed E-state index contributed by atoms with van der Waals surface area (Å²) in [5.41, 5.74) is 0.966. The summed E-state index contributed by atoms with van der Waals surface area (Å²) in [6.45, 7) is 4.34. The molecule has 0 bridgehead atoms. The van der Waals surface area contributed by atoms with Gasteiger partial charge in [0.1, 0.15) is 17.3 Å². The van der Waals surface area contributed by atoms with Crippen molar-refractivity contribution in [1.29, 1.82) is 0 Å². The van der Waals surface area contributed by atoms with Crippen LogP contribution in [0.5, 0.6) is 11.5 Å². The third-order valence-electron chi connectivity index (χ3n) is 4.74. The van der Waals surface area contributed by atoms with Crippen LogP contribution in [0.4, 0.5) is 10.1 Å². The third kappa shape index (κ3) is 6.94. The van der Waals surface area contributed by atoms with E-state index in [1.165, 1.54) is 26.4 Å². The molecule has 9 heteroatoms. The normalized spacial score (nSPS) is 14.7. The van der Waals surface area contributed by atoms with Crippen molar-refractivity contribution in [2.75, 3.05) is 58.9 Å². The quantitative estimate of drug-likeness (QED) is 0.518. The monoisotopic (exact) mass is 430 g/mol. The van der Waals surface area contributed by atoms with Crippen LogP contribution in [0.2, 0.25) is 0 Å². The molecule has 0 atom stereocenters. The first-order chi connectivity index (χ1) is 15.1. The lowest BCUT2D eigenvalue weighted by Gasteiger charge is -2.25. The van der Waals surface area contributed by atoms with E-state index in [9.17, 15) is 9.18 Å². The first-order valence-electron chi connectivity index (χ1n) is 9.99. The van der Waals surface area contributed by atoms with Crippen molar-refractivity contribution in [3.63, 3.8) is 0 Å². The second-order valence-corrected chi connectivity index (χ2v) is 6.87. The highest BCUT2D eigenvalue weighted by molar-refractivity contribution is 6.10. The van der Waals surface area contributed by atoms with E-state index in [4.69, 9.17) is 14.2 Å². The summed E-state index contributed by atoms with van der Waals surface area (Å²) in [7, 11) is 3.04. The number of nitrogens with zero attached hydrogens (tertiary/aromatic N) is 2. The standard InChI is InChI=1S/C22H27FN4O4/c1-29-19-13-16(14-20(15-19)30-2)21(28)26-22(25-18-5-3-17(23)4-6-18)24-7-8-27-9-11-31-12-10-27/h3-6,13-15H,7-12H2,1-2H3,(H2,24,25,26,28). The Morgan fingerprint density at radius 3 is 2.35 bits per heavy atom. The molecule has 8 nitrogen and oxygen atoms in total. The van der Waals surface area contributed by atoms with E-state index in [2.05, 4.69) is 20.5 Å². The number of rotatable bonds is 7. The van der Waals surface area contributed by atoms with Gasteiger partial charge in [0, 0.05) is 37.0 Å². The first-order valence-corrected chi connectivity index (χ1v) is 9.99. The Hall–Kier alpha value is -3.17. The van der Waals surface area contributed by atoms with Gasteiger partial charge in [0.25, 0.3) is 5.91 Å². The lowest BCUT2D eigenvalue weighted by Crippen LogP contribution is -2.39. The van der Waals surface area contributed by atoms with Crippen LogP contribution in [0.15, 0.2) is 47.5 Å². The molecule has 0 saturated carbocycles. The van der Waals surface area contributed by atoms with E-state index in [1.54, 1.807) is 30.3 Å². The molecule has 3 rings (SSSR count). The number of carbonyl (C=O) groups is 1. The van der Waals surface area contributed by atoms with Gasteiger partial charge < -0.3 is 19.5 Å². The molecule has 1 aliphatic heterocycles. The fraction of sp³-hybridized carbons (Fsp3) is 0.364. The van der Waals surface area contributed by atoms with Crippen molar-refractivity contribution >= 4 is 17.6 Å². The van der Waals surface area contributed by atoms with Gasteiger partial charge in [-0.2, -0.15) is 0 Å². The van der Waals surface area contributed by atoms with Gasteiger partial charge in [0.15, 0.2) is 0 Å². The van der Waals surface area contributed by atoms with Gasteiger partial charge in [-0.1, -0.05) is 0 Å². The molecule has 2 aromatic rings. The second kappa shape index (κ2) is 11.3. The highest BCUT2D eigenvalue weighted by atomic mass is 19.1. The zero-order valence-electron chi connectivity index (χ0n) is 17.7. The molecule has 1 aliphatic rings. The third-order valence-corrected chi connectivity index (χ3v) is 4.74. The Balaban J connectivity index is 1.73. The molecule has 166 valence electrons. The molecule has 2 aromatic carbocycles. The fourth-order valence-corrected chi connectivity index (χ4v) is 3.03. The summed E-state index contributed by atoms with van der Waals surface area (Å²) < 4.78 is 29.1. The topological polar surface area (TPSA) is 84.4 Å². The molecule has 0 aliphatic carbocycles. The Morgan fingerprint density at radius 1 is 1.10 bits per heavy atom. The summed E-state index contributed by atoms with van der Waals surface area (Å²) >= 11 is 0. The molecule has 1 heterocycles. The van der Waals surface area contributed by atoms with E-state index >= 15 is 0 Å². The van der Waals surface area contributed by atoms with Crippen LogP contribution in [0, 0.1) is 5.82 Å². The SMILES string of the molecule is COc1cc(OC)cc(C(=O)NC(=NCCN2CCOCC2)Nc2ccc(F)cc2)c1. The molecule has 0 unspecified atom stereocenters. The maximum atomic E-state index is 13.2. The molecule has 0 aromatic heterocycles. The number of morpholine rings is 1. The predicted molar refractivity (Wildman–Crippen MR) is 117 cm³/mol. The molecule has 0 radical (unpaired) electrons. The summed E-state index contributed by atoms with van der Waals surface area (Å²) in [6.07, 6.45) is 0. The van der Waals surface area contributed by atoms with Crippen molar-refractivity contribution in [3.8, 4) is 11.5 Å². The summed E-state index contributed by atoms with van der Waals surface area (Å²) in [4.78, 5) is 19.6. The number of hydrogen-bond acceptors (Lipinski definition) is 6. The molecule has 1 saturated heterocycles. The smallest absolute Gasteiger partial charge is 0.258 e. The van der Waals surface area contributed by atoms with E-state index in [0.717, 1.165) is 19.6 Å². The highest BCUT2D eigenvalue weighted by Gasteiger charge is 2.14. The molecular weight excluding hydrogens is 403 g/mol. The van der Waals surface area contributed by atoms with Crippen LogP contribution >= 0.6 is 0 Å². The number of ether oxygens (including phenoxy) is 3. The Kier molecular flexibility index (Phi) is 8.19. The lowest BCUT2D eigenvalue weighted by molar-refractivity contribution is 0.0394. The van der Waals surface area contributed by atoms with Gasteiger partial charge in [-0.3, -0.25) is 20.0 Å². The number of halogens is 1. The number of benzene rings is 2. The van der Waals surface area contributed by atoms with Crippen molar-refractivity contribution in [3.05, 3.63) is 53.8 Å². The molecule has 1 amide bonds. The Morgan fingerprint density at radius 2 is 1.74 bits per heavy atom. The maximum absolute atomic E-state index is 13.2. The lowest BCUT2D eigenvalue weighted by atomic mass is 10.2. The van der Waals surface area contributed by atoms with Crippen molar-refractivity contribution < 1.29 is 23.4 Å². The van der Waals surface area contributed by atoms with Crippen LogP contribution in [0.25, 0.3) is 0 Å². The average Bonchev–Trinajstić information content (AvgIpc) is 2.80. The highest BCUT2D eigenvalue weighted by Crippen LogP contribution is 2.22. The zero-order chi connectivity index (χ0) is 22.1. The Bertz CT molecular complexity index is 877.